The highest BCUT2D eigenvalue weighted by Gasteiger charge is 2.35. The highest BCUT2D eigenvalue weighted by molar-refractivity contribution is 5.35. The Morgan fingerprint density at radius 1 is 0.735 bits per heavy atom. The molecule has 1 saturated heterocycles. The highest BCUT2D eigenvalue weighted by atomic mass is 19.2. The lowest BCUT2D eigenvalue weighted by atomic mass is 9.66. The molecular formula is C29H44F2O3. The normalized spacial score (nSPS) is 32.4. The Labute approximate surface area is 204 Å². The van der Waals surface area contributed by atoms with Crippen LogP contribution in [-0.4, -0.2) is 25.9 Å². The summed E-state index contributed by atoms with van der Waals surface area (Å²) in [6.45, 7) is 5.37. The Bertz CT molecular complexity index is 746. The SMILES string of the molecule is CCCC1CCC(C2CCC(C3CCC(COc4ccc(OCC)c(F)c4F)OC3)CC2)CC1. The van der Waals surface area contributed by atoms with Crippen molar-refractivity contribution in [2.24, 2.45) is 29.6 Å². The molecule has 4 rings (SSSR count). The van der Waals surface area contributed by atoms with Crippen LogP contribution in [0.25, 0.3) is 0 Å². The zero-order chi connectivity index (χ0) is 23.9. The fourth-order valence-electron chi connectivity index (χ4n) is 6.85. The Kier molecular flexibility index (Phi) is 9.50. The van der Waals surface area contributed by atoms with Gasteiger partial charge < -0.3 is 14.2 Å². The van der Waals surface area contributed by atoms with Crippen molar-refractivity contribution in [2.75, 3.05) is 19.8 Å². The van der Waals surface area contributed by atoms with E-state index in [1.165, 1.54) is 76.3 Å². The van der Waals surface area contributed by atoms with Gasteiger partial charge in [-0.3, -0.25) is 0 Å². The van der Waals surface area contributed by atoms with Gasteiger partial charge in [-0.2, -0.15) is 8.78 Å². The summed E-state index contributed by atoms with van der Waals surface area (Å²) in [6.07, 6.45) is 16.2. The molecule has 1 aromatic carbocycles. The van der Waals surface area contributed by atoms with E-state index >= 15 is 0 Å². The van der Waals surface area contributed by atoms with Gasteiger partial charge in [0.05, 0.1) is 19.3 Å². The molecule has 0 N–H and O–H groups in total. The Balaban J connectivity index is 1.16. The first kappa shape index (κ1) is 25.7. The molecule has 0 spiro atoms. The summed E-state index contributed by atoms with van der Waals surface area (Å²) in [4.78, 5) is 0. The van der Waals surface area contributed by atoms with Crippen molar-refractivity contribution < 1.29 is 23.0 Å². The van der Waals surface area contributed by atoms with Crippen LogP contribution in [0.2, 0.25) is 0 Å². The van der Waals surface area contributed by atoms with Crippen LogP contribution in [0.1, 0.15) is 90.9 Å². The monoisotopic (exact) mass is 478 g/mol. The fraction of sp³-hybridized carbons (Fsp3) is 0.793. The molecule has 1 aromatic rings. The molecule has 2 unspecified atom stereocenters. The van der Waals surface area contributed by atoms with Crippen molar-refractivity contribution in [2.45, 2.75) is 97.0 Å². The van der Waals surface area contributed by atoms with Gasteiger partial charge in [0.15, 0.2) is 11.5 Å². The van der Waals surface area contributed by atoms with Crippen LogP contribution in [0.5, 0.6) is 11.5 Å². The van der Waals surface area contributed by atoms with Crippen molar-refractivity contribution in [1.82, 2.24) is 0 Å². The average molecular weight is 479 g/mol. The summed E-state index contributed by atoms with van der Waals surface area (Å²) in [7, 11) is 0. The third-order valence-corrected chi connectivity index (χ3v) is 8.88. The number of rotatable bonds is 9. The summed E-state index contributed by atoms with van der Waals surface area (Å²) in [6, 6.07) is 2.85. The van der Waals surface area contributed by atoms with E-state index in [-0.39, 0.29) is 30.8 Å². The first-order valence-electron chi connectivity index (χ1n) is 13.9. The molecule has 2 atom stereocenters. The molecule has 0 radical (unpaired) electrons. The van der Waals surface area contributed by atoms with Crippen molar-refractivity contribution >= 4 is 0 Å². The zero-order valence-electron chi connectivity index (χ0n) is 21.2. The van der Waals surface area contributed by atoms with E-state index in [9.17, 15) is 8.78 Å². The Morgan fingerprint density at radius 2 is 1.26 bits per heavy atom. The van der Waals surface area contributed by atoms with E-state index in [1.807, 2.05) is 0 Å². The molecule has 3 fully saturated rings. The largest absolute Gasteiger partial charge is 0.491 e. The van der Waals surface area contributed by atoms with Gasteiger partial charge in [0.2, 0.25) is 11.6 Å². The molecular weight excluding hydrogens is 434 g/mol. The van der Waals surface area contributed by atoms with Gasteiger partial charge in [-0.05, 0) is 100 Å². The number of halogens is 2. The first-order valence-corrected chi connectivity index (χ1v) is 13.9. The fourth-order valence-corrected chi connectivity index (χ4v) is 6.85. The van der Waals surface area contributed by atoms with Gasteiger partial charge in [0, 0.05) is 0 Å². The van der Waals surface area contributed by atoms with E-state index < -0.39 is 11.6 Å². The number of hydrogen-bond donors (Lipinski definition) is 0. The number of ether oxygens (including phenoxy) is 3. The topological polar surface area (TPSA) is 27.7 Å². The van der Waals surface area contributed by atoms with Crippen LogP contribution >= 0.6 is 0 Å². The smallest absolute Gasteiger partial charge is 0.204 e. The molecule has 2 aliphatic carbocycles. The minimum atomic E-state index is -0.992. The molecule has 1 aliphatic heterocycles. The standard InChI is InChI=1S/C29H44F2O3/c1-3-5-20-6-8-21(9-7-20)22-10-12-23(13-11-22)24-14-15-25(33-18-24)19-34-27-17-16-26(32-4-2)28(30)29(27)31/h16-17,20-25H,3-15,18-19H2,1-2H3. The van der Waals surface area contributed by atoms with Crippen LogP contribution in [-0.2, 0) is 4.74 Å². The molecule has 34 heavy (non-hydrogen) atoms. The molecule has 0 aromatic heterocycles. The lowest BCUT2D eigenvalue weighted by Crippen LogP contribution is -2.36. The third-order valence-electron chi connectivity index (χ3n) is 8.88. The summed E-state index contributed by atoms with van der Waals surface area (Å²) >= 11 is 0. The second kappa shape index (κ2) is 12.6. The number of benzene rings is 1. The molecule has 192 valence electrons. The van der Waals surface area contributed by atoms with Gasteiger partial charge in [-0.25, -0.2) is 0 Å². The predicted molar refractivity (Wildman–Crippen MR) is 131 cm³/mol. The van der Waals surface area contributed by atoms with Gasteiger partial charge in [-0.1, -0.05) is 32.6 Å². The van der Waals surface area contributed by atoms with Crippen LogP contribution < -0.4 is 9.47 Å². The summed E-state index contributed by atoms with van der Waals surface area (Å²) in [5.74, 6) is 2.21. The van der Waals surface area contributed by atoms with E-state index in [4.69, 9.17) is 14.2 Å². The van der Waals surface area contributed by atoms with Crippen molar-refractivity contribution in [3.8, 4) is 11.5 Å². The number of hydrogen-bond acceptors (Lipinski definition) is 3. The van der Waals surface area contributed by atoms with Crippen LogP contribution in [0.15, 0.2) is 12.1 Å². The van der Waals surface area contributed by atoms with E-state index in [2.05, 4.69) is 6.92 Å². The average Bonchev–Trinajstić information content (AvgIpc) is 2.88. The second-order valence-electron chi connectivity index (χ2n) is 11.0. The lowest BCUT2D eigenvalue weighted by Gasteiger charge is -2.41. The molecule has 3 nitrogen and oxygen atoms in total. The summed E-state index contributed by atoms with van der Waals surface area (Å²) in [5.41, 5.74) is 0. The minimum Gasteiger partial charge on any atom is -0.491 e. The molecule has 5 heteroatoms. The van der Waals surface area contributed by atoms with Crippen molar-refractivity contribution in [3.05, 3.63) is 23.8 Å². The minimum absolute atomic E-state index is 0.0556. The maximum Gasteiger partial charge on any atom is 0.204 e. The predicted octanol–water partition coefficient (Wildman–Crippen LogP) is 7.95. The van der Waals surface area contributed by atoms with Gasteiger partial charge in [-0.15, -0.1) is 0 Å². The molecule has 1 heterocycles. The summed E-state index contributed by atoms with van der Waals surface area (Å²) in [5, 5.41) is 0. The Hall–Kier alpha value is -1.36. The molecule has 3 aliphatic rings. The quantitative estimate of drug-likeness (QED) is 0.360. The molecule has 0 amide bonds. The van der Waals surface area contributed by atoms with E-state index in [0.717, 1.165) is 43.1 Å². The van der Waals surface area contributed by atoms with Gasteiger partial charge >= 0.3 is 0 Å². The van der Waals surface area contributed by atoms with Crippen molar-refractivity contribution in [3.63, 3.8) is 0 Å². The molecule has 0 bridgehead atoms. The van der Waals surface area contributed by atoms with Crippen LogP contribution in [0.3, 0.4) is 0 Å². The van der Waals surface area contributed by atoms with Crippen LogP contribution in [0.4, 0.5) is 8.78 Å². The molecule has 2 saturated carbocycles. The maximum atomic E-state index is 14.2. The van der Waals surface area contributed by atoms with Crippen molar-refractivity contribution in [1.29, 1.82) is 0 Å². The lowest BCUT2D eigenvalue weighted by molar-refractivity contribution is -0.0576. The Morgan fingerprint density at radius 3 is 1.79 bits per heavy atom. The van der Waals surface area contributed by atoms with Gasteiger partial charge in [0.1, 0.15) is 6.61 Å². The zero-order valence-corrected chi connectivity index (χ0v) is 21.2. The second-order valence-corrected chi connectivity index (χ2v) is 11.0. The third kappa shape index (κ3) is 6.44. The summed E-state index contributed by atoms with van der Waals surface area (Å²) < 4.78 is 45.1. The highest BCUT2D eigenvalue weighted by Crippen LogP contribution is 2.44. The maximum absolute atomic E-state index is 14.2. The van der Waals surface area contributed by atoms with E-state index in [0.29, 0.717) is 5.92 Å². The van der Waals surface area contributed by atoms with Gasteiger partial charge in [0.25, 0.3) is 0 Å². The van der Waals surface area contributed by atoms with Crippen LogP contribution in [0, 0.1) is 41.2 Å². The first-order chi connectivity index (χ1) is 16.6. The van der Waals surface area contributed by atoms with E-state index in [1.54, 1.807) is 6.92 Å².